The molecule has 1 fully saturated rings. The summed E-state index contributed by atoms with van der Waals surface area (Å²) in [6.45, 7) is 7.57. The van der Waals surface area contributed by atoms with Crippen LogP contribution in [0.25, 0.3) is 0 Å². The molecule has 1 N–H and O–H groups in total. The summed E-state index contributed by atoms with van der Waals surface area (Å²) in [6, 6.07) is 4.98. The fourth-order valence-electron chi connectivity index (χ4n) is 3.18. The highest BCUT2D eigenvalue weighted by atomic mass is 19.1. The molecule has 2 rings (SSSR count). The molecule has 0 bridgehead atoms. The van der Waals surface area contributed by atoms with Gasteiger partial charge in [0.25, 0.3) is 0 Å². The molecule has 3 nitrogen and oxygen atoms in total. The van der Waals surface area contributed by atoms with Gasteiger partial charge in [0.2, 0.25) is 0 Å². The van der Waals surface area contributed by atoms with E-state index in [1.807, 2.05) is 27.7 Å². The second-order valence-electron chi connectivity index (χ2n) is 6.69. The van der Waals surface area contributed by atoms with Crippen LogP contribution in [-0.2, 0) is 11.2 Å². The van der Waals surface area contributed by atoms with Gasteiger partial charge in [-0.2, -0.15) is 0 Å². The van der Waals surface area contributed by atoms with Gasteiger partial charge >= 0.3 is 0 Å². The summed E-state index contributed by atoms with van der Waals surface area (Å²) in [4.78, 5) is 0. The molecule has 0 radical (unpaired) electrons. The molecule has 112 valence electrons. The van der Waals surface area contributed by atoms with E-state index >= 15 is 0 Å². The van der Waals surface area contributed by atoms with Crippen LogP contribution in [0.4, 0.5) is 4.39 Å². The first-order chi connectivity index (χ1) is 9.10. The number of halogens is 1. The first-order valence-electron chi connectivity index (χ1n) is 6.84. The van der Waals surface area contributed by atoms with Crippen molar-refractivity contribution in [3.05, 3.63) is 29.6 Å². The van der Waals surface area contributed by atoms with Crippen molar-refractivity contribution in [2.75, 3.05) is 7.11 Å². The van der Waals surface area contributed by atoms with Gasteiger partial charge in [-0.1, -0.05) is 12.1 Å². The maximum absolute atomic E-state index is 14.3. The van der Waals surface area contributed by atoms with Crippen molar-refractivity contribution < 1.29 is 19.0 Å². The van der Waals surface area contributed by atoms with E-state index in [1.165, 1.54) is 7.11 Å². The van der Waals surface area contributed by atoms with Gasteiger partial charge in [0.15, 0.2) is 11.6 Å². The summed E-state index contributed by atoms with van der Waals surface area (Å²) in [5.41, 5.74) is -1.82. The fourth-order valence-corrected chi connectivity index (χ4v) is 3.18. The number of aliphatic hydroxyl groups is 1. The molecular weight excluding hydrogens is 259 g/mol. The van der Waals surface area contributed by atoms with Gasteiger partial charge in [0.05, 0.1) is 23.9 Å². The molecule has 1 heterocycles. The zero-order valence-electron chi connectivity index (χ0n) is 12.8. The zero-order chi connectivity index (χ0) is 15.2. The fraction of sp³-hybridized carbons (Fsp3) is 0.625. The normalized spacial score (nSPS) is 27.6. The highest BCUT2D eigenvalue weighted by molar-refractivity contribution is 5.33. The summed E-state index contributed by atoms with van der Waals surface area (Å²) in [7, 11) is 1.43. The van der Waals surface area contributed by atoms with Crippen LogP contribution in [0, 0.1) is 5.82 Å². The molecule has 0 amide bonds. The van der Waals surface area contributed by atoms with Gasteiger partial charge in [0.1, 0.15) is 0 Å². The minimum Gasteiger partial charge on any atom is -0.494 e. The Morgan fingerprint density at radius 3 is 2.45 bits per heavy atom. The van der Waals surface area contributed by atoms with Gasteiger partial charge in [-0.05, 0) is 39.3 Å². The van der Waals surface area contributed by atoms with Crippen molar-refractivity contribution in [2.24, 2.45) is 0 Å². The Labute approximate surface area is 119 Å². The minimum absolute atomic E-state index is 0.196. The molecule has 20 heavy (non-hydrogen) atoms. The van der Waals surface area contributed by atoms with Crippen molar-refractivity contribution in [3.63, 3.8) is 0 Å². The van der Waals surface area contributed by atoms with E-state index in [2.05, 4.69) is 0 Å². The van der Waals surface area contributed by atoms with Crippen molar-refractivity contribution in [3.8, 4) is 5.75 Å². The number of ether oxygens (including phenoxy) is 2. The van der Waals surface area contributed by atoms with E-state index in [9.17, 15) is 9.50 Å². The summed E-state index contributed by atoms with van der Waals surface area (Å²) in [5, 5.41) is 11.0. The quantitative estimate of drug-likeness (QED) is 0.926. The topological polar surface area (TPSA) is 38.7 Å². The number of methoxy groups -OCH3 is 1. The van der Waals surface area contributed by atoms with E-state index in [-0.39, 0.29) is 12.2 Å². The van der Waals surface area contributed by atoms with E-state index in [0.29, 0.717) is 12.0 Å². The van der Waals surface area contributed by atoms with Crippen LogP contribution in [0.5, 0.6) is 5.75 Å². The summed E-state index contributed by atoms with van der Waals surface area (Å²) in [6.07, 6.45) is 0.663. The molecule has 1 aliphatic heterocycles. The Balaban J connectivity index is 2.34. The van der Waals surface area contributed by atoms with Crippen LogP contribution >= 0.6 is 0 Å². The van der Waals surface area contributed by atoms with E-state index in [1.54, 1.807) is 18.2 Å². The van der Waals surface area contributed by atoms with Crippen LogP contribution in [0.15, 0.2) is 18.2 Å². The van der Waals surface area contributed by atoms with Crippen molar-refractivity contribution >= 4 is 0 Å². The molecule has 0 saturated carbocycles. The van der Waals surface area contributed by atoms with Crippen LogP contribution < -0.4 is 4.74 Å². The first-order valence-corrected chi connectivity index (χ1v) is 6.84. The van der Waals surface area contributed by atoms with Crippen molar-refractivity contribution in [1.29, 1.82) is 0 Å². The predicted molar refractivity (Wildman–Crippen MR) is 75.5 cm³/mol. The Morgan fingerprint density at radius 2 is 1.95 bits per heavy atom. The molecular formula is C16H23FO3. The highest BCUT2D eigenvalue weighted by Crippen LogP contribution is 2.47. The second-order valence-corrected chi connectivity index (χ2v) is 6.69. The molecule has 1 aliphatic rings. The Hall–Kier alpha value is -1.13. The van der Waals surface area contributed by atoms with Gasteiger partial charge in [-0.25, -0.2) is 4.39 Å². The number of hydrogen-bond acceptors (Lipinski definition) is 3. The summed E-state index contributed by atoms with van der Waals surface area (Å²) in [5.74, 6) is -0.217. The average Bonchev–Trinajstić information content (AvgIpc) is 2.45. The van der Waals surface area contributed by atoms with E-state index in [4.69, 9.17) is 9.47 Å². The average molecular weight is 282 g/mol. The standard InChI is InChI=1S/C16H23FO3/c1-14(2)10-16(18,15(3,4)20-14)9-11-7-6-8-12(19-5)13(11)17/h6-8,18H,9-10H2,1-5H3. The lowest BCUT2D eigenvalue weighted by atomic mass is 9.78. The van der Waals surface area contributed by atoms with Crippen LogP contribution in [0.2, 0.25) is 0 Å². The zero-order valence-corrected chi connectivity index (χ0v) is 12.8. The van der Waals surface area contributed by atoms with Crippen LogP contribution in [0.3, 0.4) is 0 Å². The summed E-state index contributed by atoms with van der Waals surface area (Å²) < 4.78 is 25.2. The molecule has 1 saturated heterocycles. The molecule has 1 unspecified atom stereocenters. The monoisotopic (exact) mass is 282 g/mol. The maximum atomic E-state index is 14.3. The minimum atomic E-state index is -1.11. The van der Waals surface area contributed by atoms with E-state index < -0.39 is 22.6 Å². The van der Waals surface area contributed by atoms with E-state index in [0.717, 1.165) is 0 Å². The maximum Gasteiger partial charge on any atom is 0.168 e. The molecule has 1 aromatic rings. The second kappa shape index (κ2) is 4.71. The molecule has 1 atom stereocenters. The highest BCUT2D eigenvalue weighted by Gasteiger charge is 2.56. The largest absolute Gasteiger partial charge is 0.494 e. The molecule has 0 spiro atoms. The number of hydrogen-bond donors (Lipinski definition) is 1. The smallest absolute Gasteiger partial charge is 0.168 e. The van der Waals surface area contributed by atoms with Gasteiger partial charge < -0.3 is 14.6 Å². The molecule has 0 aromatic heterocycles. The van der Waals surface area contributed by atoms with Gasteiger partial charge in [0, 0.05) is 12.8 Å². The van der Waals surface area contributed by atoms with Crippen molar-refractivity contribution in [2.45, 2.75) is 57.3 Å². The lowest BCUT2D eigenvalue weighted by molar-refractivity contribution is -0.126. The predicted octanol–water partition coefficient (Wildman–Crippen LogP) is 3.09. The Bertz CT molecular complexity index is 510. The Morgan fingerprint density at radius 1 is 1.30 bits per heavy atom. The molecule has 0 aliphatic carbocycles. The lowest BCUT2D eigenvalue weighted by Crippen LogP contribution is -2.48. The third-order valence-corrected chi connectivity index (χ3v) is 4.12. The summed E-state index contributed by atoms with van der Waals surface area (Å²) >= 11 is 0. The molecule has 1 aromatic carbocycles. The van der Waals surface area contributed by atoms with Crippen LogP contribution in [0.1, 0.15) is 39.7 Å². The lowest BCUT2D eigenvalue weighted by Gasteiger charge is -2.35. The first kappa shape index (κ1) is 15.3. The number of benzene rings is 1. The SMILES string of the molecule is COc1cccc(CC2(O)CC(C)(C)OC2(C)C)c1F. The van der Waals surface area contributed by atoms with Crippen LogP contribution in [-0.4, -0.2) is 29.0 Å². The van der Waals surface area contributed by atoms with Gasteiger partial charge in [-0.15, -0.1) is 0 Å². The van der Waals surface area contributed by atoms with Gasteiger partial charge in [-0.3, -0.25) is 0 Å². The third-order valence-electron chi connectivity index (χ3n) is 4.12. The number of rotatable bonds is 3. The van der Waals surface area contributed by atoms with Crippen molar-refractivity contribution in [1.82, 2.24) is 0 Å². The Kier molecular flexibility index (Phi) is 3.59. The molecule has 4 heteroatoms. The third kappa shape index (κ3) is 2.54.